The van der Waals surface area contributed by atoms with Gasteiger partial charge in [-0.15, -0.1) is 11.8 Å². The molecule has 150 valence electrons. The van der Waals surface area contributed by atoms with Crippen molar-refractivity contribution in [1.29, 1.82) is 0 Å². The SMILES string of the molecule is CCCCC(CC)COC(=O)CCSc1ccnc2c1OC[C@@H]1CCCN21. The van der Waals surface area contributed by atoms with Crippen molar-refractivity contribution in [3.63, 3.8) is 0 Å². The zero-order valence-electron chi connectivity index (χ0n) is 16.6. The predicted molar refractivity (Wildman–Crippen MR) is 110 cm³/mol. The molecule has 2 aliphatic rings. The van der Waals surface area contributed by atoms with Crippen molar-refractivity contribution in [1.82, 2.24) is 4.98 Å². The average Bonchev–Trinajstić information content (AvgIpc) is 3.17. The summed E-state index contributed by atoms with van der Waals surface area (Å²) in [5, 5.41) is 0. The van der Waals surface area contributed by atoms with Crippen molar-refractivity contribution in [2.45, 2.75) is 69.7 Å². The fourth-order valence-electron chi connectivity index (χ4n) is 3.77. The Kier molecular flexibility index (Phi) is 7.68. The monoisotopic (exact) mass is 392 g/mol. The zero-order valence-corrected chi connectivity index (χ0v) is 17.4. The molecule has 1 aromatic rings. The van der Waals surface area contributed by atoms with Gasteiger partial charge in [-0.3, -0.25) is 4.79 Å². The summed E-state index contributed by atoms with van der Waals surface area (Å²) in [7, 11) is 0. The maximum atomic E-state index is 12.1. The Balaban J connectivity index is 1.45. The highest BCUT2D eigenvalue weighted by Crippen LogP contribution is 2.42. The largest absolute Gasteiger partial charge is 0.486 e. The Hall–Kier alpha value is -1.43. The number of fused-ring (bicyclic) bond motifs is 3. The van der Waals surface area contributed by atoms with E-state index < -0.39 is 0 Å². The molecule has 6 heteroatoms. The second-order valence-corrected chi connectivity index (χ2v) is 8.60. The van der Waals surface area contributed by atoms with E-state index in [1.54, 1.807) is 11.8 Å². The molecular formula is C21H32N2O3S. The summed E-state index contributed by atoms with van der Waals surface area (Å²) in [6, 6.07) is 2.46. The molecule has 27 heavy (non-hydrogen) atoms. The van der Waals surface area contributed by atoms with Gasteiger partial charge < -0.3 is 14.4 Å². The smallest absolute Gasteiger partial charge is 0.306 e. The van der Waals surface area contributed by atoms with Gasteiger partial charge in [0.2, 0.25) is 0 Å². The van der Waals surface area contributed by atoms with E-state index in [0.29, 0.717) is 30.7 Å². The van der Waals surface area contributed by atoms with Gasteiger partial charge >= 0.3 is 5.97 Å². The molecule has 0 bridgehead atoms. The van der Waals surface area contributed by atoms with Gasteiger partial charge in [-0.1, -0.05) is 33.1 Å². The van der Waals surface area contributed by atoms with Gasteiger partial charge in [0.15, 0.2) is 11.6 Å². The number of unbranched alkanes of at least 4 members (excludes halogenated alkanes) is 1. The summed E-state index contributed by atoms with van der Waals surface area (Å²) >= 11 is 1.66. The number of thioether (sulfide) groups is 1. The summed E-state index contributed by atoms with van der Waals surface area (Å²) < 4.78 is 11.5. The number of nitrogens with zero attached hydrogens (tertiary/aromatic N) is 2. The van der Waals surface area contributed by atoms with Crippen LogP contribution in [0.25, 0.3) is 0 Å². The van der Waals surface area contributed by atoms with Crippen molar-refractivity contribution in [2.75, 3.05) is 30.4 Å². The fourth-order valence-corrected chi connectivity index (χ4v) is 4.69. The van der Waals surface area contributed by atoms with E-state index in [4.69, 9.17) is 9.47 Å². The summed E-state index contributed by atoms with van der Waals surface area (Å²) in [4.78, 5) is 20.1. The molecule has 0 aromatic carbocycles. The average molecular weight is 393 g/mol. The second-order valence-electron chi connectivity index (χ2n) is 7.46. The summed E-state index contributed by atoms with van der Waals surface area (Å²) in [5.41, 5.74) is 0. The Morgan fingerprint density at radius 3 is 3.19 bits per heavy atom. The van der Waals surface area contributed by atoms with Gasteiger partial charge in [0, 0.05) is 18.5 Å². The summed E-state index contributed by atoms with van der Waals surface area (Å²) in [5.74, 6) is 2.96. The quantitative estimate of drug-likeness (QED) is 0.425. The van der Waals surface area contributed by atoms with Crippen molar-refractivity contribution >= 4 is 23.5 Å². The first-order valence-corrected chi connectivity index (χ1v) is 11.4. The minimum Gasteiger partial charge on any atom is -0.486 e. The number of pyridine rings is 1. The molecule has 0 amide bonds. The third-order valence-corrected chi connectivity index (χ3v) is 6.55. The Bertz CT molecular complexity index is 625. The number of ether oxygens (including phenoxy) is 2. The van der Waals surface area contributed by atoms with E-state index in [-0.39, 0.29) is 5.97 Å². The number of esters is 1. The lowest BCUT2D eigenvalue weighted by Gasteiger charge is -2.33. The van der Waals surface area contributed by atoms with E-state index in [1.807, 2.05) is 12.3 Å². The molecule has 1 unspecified atom stereocenters. The van der Waals surface area contributed by atoms with Crippen LogP contribution >= 0.6 is 11.8 Å². The molecule has 2 atom stereocenters. The fraction of sp³-hybridized carbons (Fsp3) is 0.714. The van der Waals surface area contributed by atoms with Gasteiger partial charge in [0.25, 0.3) is 0 Å². The van der Waals surface area contributed by atoms with Gasteiger partial charge in [-0.25, -0.2) is 4.98 Å². The number of rotatable bonds is 10. The van der Waals surface area contributed by atoms with Crippen LogP contribution in [0.15, 0.2) is 17.2 Å². The molecule has 0 radical (unpaired) electrons. The number of anilines is 1. The maximum absolute atomic E-state index is 12.1. The summed E-state index contributed by atoms with van der Waals surface area (Å²) in [6.07, 6.45) is 9.28. The molecule has 0 saturated carbocycles. The highest BCUT2D eigenvalue weighted by molar-refractivity contribution is 7.99. The van der Waals surface area contributed by atoms with E-state index in [1.165, 1.54) is 25.7 Å². The molecule has 0 N–H and O–H groups in total. The zero-order chi connectivity index (χ0) is 19.1. The number of aromatic nitrogens is 1. The van der Waals surface area contributed by atoms with Crippen LogP contribution in [-0.2, 0) is 9.53 Å². The van der Waals surface area contributed by atoms with Crippen LogP contribution in [-0.4, -0.2) is 42.5 Å². The van der Waals surface area contributed by atoms with Crippen LogP contribution in [0.3, 0.4) is 0 Å². The first-order valence-electron chi connectivity index (χ1n) is 10.4. The number of hydrogen-bond donors (Lipinski definition) is 0. The molecular weight excluding hydrogens is 360 g/mol. The van der Waals surface area contributed by atoms with E-state index >= 15 is 0 Å². The summed E-state index contributed by atoms with van der Waals surface area (Å²) in [6.45, 7) is 6.72. The van der Waals surface area contributed by atoms with Gasteiger partial charge in [-0.05, 0) is 31.2 Å². The lowest BCUT2D eigenvalue weighted by Crippen LogP contribution is -2.38. The molecule has 3 heterocycles. The minimum absolute atomic E-state index is 0.0964. The first-order chi connectivity index (χ1) is 13.2. The number of carbonyl (C=O) groups excluding carboxylic acids is 1. The minimum atomic E-state index is -0.0964. The van der Waals surface area contributed by atoms with Crippen molar-refractivity contribution < 1.29 is 14.3 Å². The van der Waals surface area contributed by atoms with E-state index in [9.17, 15) is 4.79 Å². The van der Waals surface area contributed by atoms with Crippen molar-refractivity contribution in [3.8, 4) is 5.75 Å². The molecule has 3 rings (SSSR count). The topological polar surface area (TPSA) is 51.7 Å². The van der Waals surface area contributed by atoms with Gasteiger partial charge in [0.1, 0.15) is 6.61 Å². The maximum Gasteiger partial charge on any atom is 0.306 e. The molecule has 0 aliphatic carbocycles. The van der Waals surface area contributed by atoms with E-state index in [0.717, 1.165) is 42.5 Å². The van der Waals surface area contributed by atoms with Crippen molar-refractivity contribution in [3.05, 3.63) is 12.3 Å². The number of hydrogen-bond acceptors (Lipinski definition) is 6. The Labute approximate surface area is 167 Å². The third-order valence-electron chi connectivity index (χ3n) is 5.51. The molecule has 5 nitrogen and oxygen atoms in total. The Morgan fingerprint density at radius 1 is 1.48 bits per heavy atom. The first kappa shape index (κ1) is 20.3. The lowest BCUT2D eigenvalue weighted by atomic mass is 10.0. The molecule has 1 saturated heterocycles. The lowest BCUT2D eigenvalue weighted by molar-refractivity contribution is -0.144. The van der Waals surface area contributed by atoms with Crippen LogP contribution in [0.2, 0.25) is 0 Å². The number of carbonyl (C=O) groups is 1. The van der Waals surface area contributed by atoms with Gasteiger partial charge in [0.05, 0.1) is 24.0 Å². The highest BCUT2D eigenvalue weighted by atomic mass is 32.2. The highest BCUT2D eigenvalue weighted by Gasteiger charge is 2.33. The second kappa shape index (κ2) is 10.2. The van der Waals surface area contributed by atoms with Crippen LogP contribution < -0.4 is 9.64 Å². The van der Waals surface area contributed by atoms with Gasteiger partial charge in [-0.2, -0.15) is 0 Å². The molecule has 1 fully saturated rings. The van der Waals surface area contributed by atoms with E-state index in [2.05, 4.69) is 23.7 Å². The van der Waals surface area contributed by atoms with Crippen LogP contribution in [0.4, 0.5) is 5.82 Å². The van der Waals surface area contributed by atoms with Crippen LogP contribution in [0, 0.1) is 5.92 Å². The third kappa shape index (κ3) is 5.31. The molecule has 2 aliphatic heterocycles. The van der Waals surface area contributed by atoms with Crippen LogP contribution in [0.5, 0.6) is 5.75 Å². The normalized spacial score (nSPS) is 19.2. The van der Waals surface area contributed by atoms with Crippen LogP contribution in [0.1, 0.15) is 58.8 Å². The Morgan fingerprint density at radius 2 is 2.37 bits per heavy atom. The van der Waals surface area contributed by atoms with Crippen molar-refractivity contribution in [2.24, 2.45) is 5.92 Å². The molecule has 1 aromatic heterocycles. The standard InChI is InChI=1S/C21H32N2O3S/c1-3-5-7-16(4-2)14-25-19(24)10-13-27-18-9-11-22-21-20(18)26-15-17-8-6-12-23(17)21/h9,11,16-17H,3-8,10,12-15H2,1-2H3/t16?,17-/m0/s1. The molecule has 0 spiro atoms. The predicted octanol–water partition coefficient (Wildman–Crippen LogP) is 4.68.